The minimum absolute atomic E-state index is 0.108. The van der Waals surface area contributed by atoms with Gasteiger partial charge in [-0.05, 0) is 56.3 Å². The molecule has 1 rings (SSSR count). The number of anilines is 1. The number of aryl methyl sites for hydroxylation is 2. The van der Waals surface area contributed by atoms with Gasteiger partial charge in [-0.2, -0.15) is 0 Å². The summed E-state index contributed by atoms with van der Waals surface area (Å²) >= 11 is 0. The summed E-state index contributed by atoms with van der Waals surface area (Å²) in [6.07, 6.45) is 4.85. The number of carbonyl (C=O) groups excluding carboxylic acids is 1. The average Bonchev–Trinajstić information content (AvgIpc) is 2.41. The lowest BCUT2D eigenvalue weighted by molar-refractivity contribution is -0.116. The van der Waals surface area contributed by atoms with Crippen molar-refractivity contribution in [1.29, 1.82) is 0 Å². The molecule has 1 aromatic rings. The van der Waals surface area contributed by atoms with Crippen LogP contribution in [0, 0.1) is 19.8 Å². The van der Waals surface area contributed by atoms with E-state index < -0.39 is 0 Å². The quantitative estimate of drug-likeness (QED) is 0.759. The Morgan fingerprint density at radius 2 is 2.00 bits per heavy atom. The molecular formula is C17H28N2O. The van der Waals surface area contributed by atoms with Gasteiger partial charge in [0.2, 0.25) is 5.91 Å². The smallest absolute Gasteiger partial charge is 0.224 e. The molecule has 0 aromatic heterocycles. The number of amides is 1. The van der Waals surface area contributed by atoms with Gasteiger partial charge in [0.25, 0.3) is 0 Å². The molecule has 1 atom stereocenters. The third-order valence-corrected chi connectivity index (χ3v) is 3.72. The van der Waals surface area contributed by atoms with Crippen molar-refractivity contribution < 1.29 is 4.79 Å². The van der Waals surface area contributed by atoms with Gasteiger partial charge in [0.15, 0.2) is 0 Å². The van der Waals surface area contributed by atoms with Crippen molar-refractivity contribution in [3.63, 3.8) is 0 Å². The Labute approximate surface area is 122 Å². The molecule has 20 heavy (non-hydrogen) atoms. The lowest BCUT2D eigenvalue weighted by atomic mass is 9.94. The fraction of sp³-hybridized carbons (Fsp3) is 0.588. The fourth-order valence-corrected chi connectivity index (χ4v) is 2.50. The van der Waals surface area contributed by atoms with Crippen molar-refractivity contribution in [2.75, 3.05) is 11.9 Å². The number of hydrogen-bond acceptors (Lipinski definition) is 2. The first-order chi connectivity index (χ1) is 9.56. The van der Waals surface area contributed by atoms with Gasteiger partial charge in [-0.1, -0.05) is 31.9 Å². The van der Waals surface area contributed by atoms with Crippen LogP contribution >= 0.6 is 0 Å². The van der Waals surface area contributed by atoms with Gasteiger partial charge in [-0.25, -0.2) is 0 Å². The summed E-state index contributed by atoms with van der Waals surface area (Å²) in [7, 11) is 0. The van der Waals surface area contributed by atoms with Crippen molar-refractivity contribution in [2.45, 2.75) is 52.9 Å². The van der Waals surface area contributed by atoms with E-state index in [0.717, 1.165) is 42.5 Å². The van der Waals surface area contributed by atoms with Crippen molar-refractivity contribution >= 4 is 11.6 Å². The van der Waals surface area contributed by atoms with Gasteiger partial charge >= 0.3 is 0 Å². The van der Waals surface area contributed by atoms with E-state index in [4.69, 9.17) is 5.73 Å². The van der Waals surface area contributed by atoms with Crippen LogP contribution in [0.5, 0.6) is 0 Å². The zero-order valence-corrected chi connectivity index (χ0v) is 13.0. The highest BCUT2D eigenvalue weighted by molar-refractivity contribution is 5.91. The molecular weight excluding hydrogens is 248 g/mol. The highest BCUT2D eigenvalue weighted by atomic mass is 16.1. The highest BCUT2D eigenvalue weighted by Crippen LogP contribution is 2.19. The first kappa shape index (κ1) is 16.7. The maximum Gasteiger partial charge on any atom is 0.224 e. The second-order valence-electron chi connectivity index (χ2n) is 5.64. The van der Waals surface area contributed by atoms with E-state index in [-0.39, 0.29) is 5.91 Å². The highest BCUT2D eigenvalue weighted by Gasteiger charge is 2.11. The molecule has 0 spiro atoms. The molecule has 0 aliphatic heterocycles. The number of rotatable bonds is 8. The van der Waals surface area contributed by atoms with E-state index in [1.165, 1.54) is 0 Å². The van der Waals surface area contributed by atoms with Crippen LogP contribution in [-0.4, -0.2) is 12.5 Å². The minimum Gasteiger partial charge on any atom is -0.330 e. The molecule has 1 amide bonds. The Bertz CT molecular complexity index is 423. The molecule has 3 N–H and O–H groups in total. The van der Waals surface area contributed by atoms with Crippen LogP contribution in [0.4, 0.5) is 5.69 Å². The normalized spacial score (nSPS) is 12.2. The van der Waals surface area contributed by atoms with E-state index >= 15 is 0 Å². The Hall–Kier alpha value is -1.35. The van der Waals surface area contributed by atoms with Crippen LogP contribution in [0.25, 0.3) is 0 Å². The third kappa shape index (κ3) is 5.74. The molecule has 0 radical (unpaired) electrons. The second kappa shape index (κ2) is 8.75. The maximum absolute atomic E-state index is 12.0. The fourth-order valence-electron chi connectivity index (χ4n) is 2.50. The van der Waals surface area contributed by atoms with Crippen molar-refractivity contribution in [2.24, 2.45) is 11.7 Å². The molecule has 0 saturated heterocycles. The first-order valence-corrected chi connectivity index (χ1v) is 7.64. The lowest BCUT2D eigenvalue weighted by Gasteiger charge is -2.15. The van der Waals surface area contributed by atoms with Gasteiger partial charge in [-0.15, -0.1) is 0 Å². The minimum atomic E-state index is 0.108. The molecule has 0 aliphatic rings. The van der Waals surface area contributed by atoms with E-state index in [0.29, 0.717) is 18.9 Å². The summed E-state index contributed by atoms with van der Waals surface area (Å²) in [5.74, 6) is 0.686. The van der Waals surface area contributed by atoms with Crippen LogP contribution in [0.3, 0.4) is 0 Å². The van der Waals surface area contributed by atoms with E-state index in [1.54, 1.807) is 0 Å². The van der Waals surface area contributed by atoms with Crippen LogP contribution < -0.4 is 11.1 Å². The number of carbonyl (C=O) groups is 1. The largest absolute Gasteiger partial charge is 0.330 e. The molecule has 0 saturated carbocycles. The van der Waals surface area contributed by atoms with Crippen LogP contribution in [-0.2, 0) is 4.79 Å². The Morgan fingerprint density at radius 3 is 2.65 bits per heavy atom. The molecule has 0 fully saturated rings. The monoisotopic (exact) mass is 276 g/mol. The lowest BCUT2D eigenvalue weighted by Crippen LogP contribution is -2.16. The summed E-state index contributed by atoms with van der Waals surface area (Å²) in [6.45, 7) is 6.94. The zero-order valence-electron chi connectivity index (χ0n) is 13.0. The molecule has 3 heteroatoms. The predicted octanol–water partition coefficient (Wildman–Crippen LogP) is 3.79. The van der Waals surface area contributed by atoms with Crippen LogP contribution in [0.15, 0.2) is 18.2 Å². The Balaban J connectivity index is 2.48. The summed E-state index contributed by atoms with van der Waals surface area (Å²) < 4.78 is 0. The summed E-state index contributed by atoms with van der Waals surface area (Å²) in [6, 6.07) is 6.12. The Kier molecular flexibility index (Phi) is 7.31. The van der Waals surface area contributed by atoms with Gasteiger partial charge < -0.3 is 11.1 Å². The van der Waals surface area contributed by atoms with Gasteiger partial charge in [0.1, 0.15) is 0 Å². The summed E-state index contributed by atoms with van der Waals surface area (Å²) in [5, 5.41) is 3.02. The summed E-state index contributed by atoms with van der Waals surface area (Å²) in [4.78, 5) is 12.0. The van der Waals surface area contributed by atoms with Crippen molar-refractivity contribution in [3.8, 4) is 0 Å². The number of hydrogen-bond donors (Lipinski definition) is 2. The summed E-state index contributed by atoms with van der Waals surface area (Å²) in [5.41, 5.74) is 8.83. The molecule has 0 aliphatic carbocycles. The third-order valence-electron chi connectivity index (χ3n) is 3.72. The topological polar surface area (TPSA) is 55.1 Å². The second-order valence-corrected chi connectivity index (χ2v) is 5.64. The predicted molar refractivity (Wildman–Crippen MR) is 85.8 cm³/mol. The van der Waals surface area contributed by atoms with Gasteiger partial charge in [-0.3, -0.25) is 4.79 Å². The maximum atomic E-state index is 12.0. The van der Waals surface area contributed by atoms with E-state index in [9.17, 15) is 4.79 Å². The molecule has 112 valence electrons. The van der Waals surface area contributed by atoms with Crippen molar-refractivity contribution in [3.05, 3.63) is 29.3 Å². The molecule has 1 unspecified atom stereocenters. The number of benzene rings is 1. The van der Waals surface area contributed by atoms with E-state index in [1.807, 2.05) is 26.0 Å². The molecule has 0 bridgehead atoms. The zero-order chi connectivity index (χ0) is 15.0. The van der Waals surface area contributed by atoms with Crippen LogP contribution in [0.2, 0.25) is 0 Å². The molecule has 3 nitrogen and oxygen atoms in total. The standard InChI is InChI=1S/C17H28N2O/c1-4-5-15(10-11-18)8-9-17(20)19-16-12-13(2)6-7-14(16)3/h6-7,12,15H,4-5,8-11,18H2,1-3H3,(H,19,20). The van der Waals surface area contributed by atoms with Gasteiger partial charge in [0.05, 0.1) is 0 Å². The Morgan fingerprint density at radius 1 is 1.25 bits per heavy atom. The van der Waals surface area contributed by atoms with Gasteiger partial charge in [0, 0.05) is 12.1 Å². The van der Waals surface area contributed by atoms with Crippen LogP contribution in [0.1, 0.15) is 50.2 Å². The number of nitrogens with two attached hydrogens (primary N) is 1. The molecule has 1 aromatic carbocycles. The van der Waals surface area contributed by atoms with E-state index in [2.05, 4.69) is 18.3 Å². The van der Waals surface area contributed by atoms with Crippen molar-refractivity contribution in [1.82, 2.24) is 0 Å². The first-order valence-electron chi connectivity index (χ1n) is 7.64. The number of nitrogens with one attached hydrogen (secondary N) is 1. The molecule has 0 heterocycles. The average molecular weight is 276 g/mol. The SMILES string of the molecule is CCCC(CCN)CCC(=O)Nc1cc(C)ccc1C.